The molecule has 5 nitrogen and oxygen atoms in total. The fourth-order valence-corrected chi connectivity index (χ4v) is 2.82. The van der Waals surface area contributed by atoms with Gasteiger partial charge in [0, 0.05) is 28.6 Å². The second-order valence-electron chi connectivity index (χ2n) is 5.78. The molecule has 0 saturated heterocycles. The summed E-state index contributed by atoms with van der Waals surface area (Å²) in [6.07, 6.45) is 0.469. The van der Waals surface area contributed by atoms with Crippen LogP contribution in [0, 0.1) is 0 Å². The zero-order valence-corrected chi connectivity index (χ0v) is 14.5. The fraction of sp³-hybridized carbons (Fsp3) is 0.211. The molecule has 1 heterocycles. The van der Waals surface area contributed by atoms with E-state index in [0.717, 1.165) is 10.9 Å². The molecule has 0 spiro atoms. The molecule has 0 fully saturated rings. The molecule has 2 aromatic carbocycles. The van der Waals surface area contributed by atoms with Crippen molar-refractivity contribution in [2.24, 2.45) is 0 Å². The Morgan fingerprint density at radius 2 is 1.88 bits per heavy atom. The second kappa shape index (κ2) is 7.59. The number of hydrogen-bond donors (Lipinski definition) is 2. The number of aromatic nitrogens is 2. The minimum absolute atomic E-state index is 0.00486. The molecule has 0 saturated carbocycles. The molecule has 0 aliphatic heterocycles. The zero-order valence-electron chi connectivity index (χ0n) is 13.7. The number of fused-ring (bicyclic) bond motifs is 1. The summed E-state index contributed by atoms with van der Waals surface area (Å²) in [5, 5.41) is 13.2. The van der Waals surface area contributed by atoms with E-state index in [1.807, 2.05) is 49.4 Å². The van der Waals surface area contributed by atoms with Crippen LogP contribution in [0.15, 0.2) is 48.5 Å². The molecule has 1 amide bonds. The molecule has 0 aliphatic carbocycles. The van der Waals surface area contributed by atoms with E-state index in [9.17, 15) is 4.79 Å². The minimum atomic E-state index is -0.375. The summed E-state index contributed by atoms with van der Waals surface area (Å²) in [5.41, 5.74) is 2.05. The van der Waals surface area contributed by atoms with Crippen LogP contribution in [0.1, 0.15) is 24.0 Å². The van der Waals surface area contributed by atoms with Crippen LogP contribution in [0.5, 0.6) is 0 Å². The van der Waals surface area contributed by atoms with Gasteiger partial charge in [-0.2, -0.15) is 0 Å². The number of aliphatic hydroxyl groups is 1. The van der Waals surface area contributed by atoms with Crippen molar-refractivity contribution in [3.05, 3.63) is 59.4 Å². The molecule has 6 heteroatoms. The van der Waals surface area contributed by atoms with Crippen LogP contribution in [0.25, 0.3) is 22.2 Å². The van der Waals surface area contributed by atoms with E-state index in [1.165, 1.54) is 0 Å². The lowest BCUT2D eigenvalue weighted by molar-refractivity contribution is 0.0924. The number of nitrogens with one attached hydrogen (secondary N) is 1. The Kier molecular flexibility index (Phi) is 5.26. The van der Waals surface area contributed by atoms with E-state index < -0.39 is 0 Å². The third-order valence-electron chi connectivity index (χ3n) is 3.87. The van der Waals surface area contributed by atoms with Gasteiger partial charge in [-0.3, -0.25) is 4.79 Å². The summed E-state index contributed by atoms with van der Waals surface area (Å²) in [4.78, 5) is 21.3. The number of carbonyl (C=O) groups excluding carboxylic acids is 1. The molecule has 0 unspecified atom stereocenters. The highest BCUT2D eigenvalue weighted by Gasteiger charge is 2.17. The summed E-state index contributed by atoms with van der Waals surface area (Å²) in [6, 6.07) is 14.7. The monoisotopic (exact) mass is 355 g/mol. The number of aliphatic hydroxyl groups excluding tert-OH is 1. The van der Waals surface area contributed by atoms with Crippen molar-refractivity contribution < 1.29 is 9.90 Å². The predicted octanol–water partition coefficient (Wildman–Crippen LogP) is 3.45. The highest BCUT2D eigenvalue weighted by molar-refractivity contribution is 6.33. The van der Waals surface area contributed by atoms with Gasteiger partial charge in [0.25, 0.3) is 5.91 Å². The molecular formula is C19H18ClN3O2. The van der Waals surface area contributed by atoms with Gasteiger partial charge in [-0.25, -0.2) is 9.97 Å². The van der Waals surface area contributed by atoms with Gasteiger partial charge in [0.1, 0.15) is 0 Å². The van der Waals surface area contributed by atoms with Crippen molar-refractivity contribution >= 4 is 28.4 Å². The lowest BCUT2D eigenvalue weighted by Crippen LogP contribution is -2.34. The number of hydrogen-bond acceptors (Lipinski definition) is 4. The van der Waals surface area contributed by atoms with Gasteiger partial charge in [-0.15, -0.1) is 0 Å². The number of benzene rings is 2. The lowest BCUT2D eigenvalue weighted by Gasteiger charge is -2.13. The third-order valence-corrected chi connectivity index (χ3v) is 4.20. The van der Waals surface area contributed by atoms with Crippen molar-refractivity contribution in [3.8, 4) is 11.3 Å². The van der Waals surface area contributed by atoms with Gasteiger partial charge in [0.2, 0.25) is 5.82 Å². The molecule has 0 bridgehead atoms. The second-order valence-corrected chi connectivity index (χ2v) is 6.19. The average molecular weight is 356 g/mol. The van der Waals surface area contributed by atoms with Crippen molar-refractivity contribution in [3.63, 3.8) is 0 Å². The fourth-order valence-electron chi connectivity index (χ4n) is 2.59. The Morgan fingerprint density at radius 3 is 2.64 bits per heavy atom. The summed E-state index contributed by atoms with van der Waals surface area (Å²) in [6.45, 7) is 1.83. The van der Waals surface area contributed by atoms with Gasteiger partial charge < -0.3 is 10.4 Å². The maximum absolute atomic E-state index is 12.5. The summed E-state index contributed by atoms with van der Waals surface area (Å²) in [5.74, 6) is -0.293. The Hall–Kier alpha value is -2.50. The van der Waals surface area contributed by atoms with Crippen molar-refractivity contribution in [1.82, 2.24) is 15.3 Å². The number of nitrogens with zero attached hydrogens (tertiary/aromatic N) is 2. The van der Waals surface area contributed by atoms with Crippen LogP contribution in [0.4, 0.5) is 0 Å². The molecule has 128 valence electrons. The van der Waals surface area contributed by atoms with E-state index in [0.29, 0.717) is 22.7 Å². The first-order valence-electron chi connectivity index (χ1n) is 8.03. The SMILES string of the molecule is C[C@H](CCO)NC(=O)c1nc(-c2ccccc2Cl)c2ccccc2n1. The van der Waals surface area contributed by atoms with E-state index >= 15 is 0 Å². The molecule has 3 rings (SSSR count). The molecule has 3 aromatic rings. The van der Waals surface area contributed by atoms with Crippen LogP contribution in [-0.2, 0) is 0 Å². The summed E-state index contributed by atoms with van der Waals surface area (Å²) in [7, 11) is 0. The first-order valence-corrected chi connectivity index (χ1v) is 8.41. The summed E-state index contributed by atoms with van der Waals surface area (Å²) >= 11 is 6.33. The third kappa shape index (κ3) is 3.78. The van der Waals surface area contributed by atoms with E-state index in [4.69, 9.17) is 16.7 Å². The lowest BCUT2D eigenvalue weighted by atomic mass is 10.1. The first kappa shape index (κ1) is 17.3. The number of amides is 1. The smallest absolute Gasteiger partial charge is 0.289 e. The van der Waals surface area contributed by atoms with Crippen molar-refractivity contribution in [2.45, 2.75) is 19.4 Å². The first-order chi connectivity index (χ1) is 12.1. The number of halogens is 1. The van der Waals surface area contributed by atoms with Gasteiger partial charge in [-0.05, 0) is 25.5 Å². The largest absolute Gasteiger partial charge is 0.396 e. The van der Waals surface area contributed by atoms with E-state index in [2.05, 4.69) is 15.3 Å². The number of para-hydroxylation sites is 1. The Labute approximate surface area is 150 Å². The van der Waals surface area contributed by atoms with Crippen LogP contribution >= 0.6 is 11.6 Å². The minimum Gasteiger partial charge on any atom is -0.396 e. The Bertz CT molecular complexity index is 914. The van der Waals surface area contributed by atoms with Gasteiger partial charge >= 0.3 is 0 Å². The maximum Gasteiger partial charge on any atom is 0.289 e. The molecule has 0 aliphatic rings. The molecule has 2 N–H and O–H groups in total. The highest BCUT2D eigenvalue weighted by Crippen LogP contribution is 2.31. The summed E-state index contributed by atoms with van der Waals surface area (Å²) < 4.78 is 0. The molecule has 0 radical (unpaired) electrons. The van der Waals surface area contributed by atoms with E-state index in [-0.39, 0.29) is 24.4 Å². The molecule has 25 heavy (non-hydrogen) atoms. The molecular weight excluding hydrogens is 338 g/mol. The zero-order chi connectivity index (χ0) is 17.8. The van der Waals surface area contributed by atoms with Crippen LogP contribution in [-0.4, -0.2) is 33.6 Å². The molecule has 1 aromatic heterocycles. The van der Waals surface area contributed by atoms with Crippen molar-refractivity contribution in [2.75, 3.05) is 6.61 Å². The van der Waals surface area contributed by atoms with Crippen LogP contribution < -0.4 is 5.32 Å². The average Bonchev–Trinajstić information content (AvgIpc) is 2.61. The Balaban J connectivity index is 2.10. The number of rotatable bonds is 5. The highest BCUT2D eigenvalue weighted by atomic mass is 35.5. The topological polar surface area (TPSA) is 75.1 Å². The van der Waals surface area contributed by atoms with Gasteiger partial charge in [-0.1, -0.05) is 48.0 Å². The Morgan fingerprint density at radius 1 is 1.16 bits per heavy atom. The standard InChI is InChI=1S/C19H18ClN3O2/c1-12(10-11-24)21-19(25)18-22-16-9-5-3-7-14(16)17(23-18)13-6-2-4-8-15(13)20/h2-9,12,24H,10-11H2,1H3,(H,21,25)/t12-/m1/s1. The van der Waals surface area contributed by atoms with Gasteiger partial charge in [0.15, 0.2) is 0 Å². The van der Waals surface area contributed by atoms with Gasteiger partial charge in [0.05, 0.1) is 11.2 Å². The number of carbonyl (C=O) groups is 1. The quantitative estimate of drug-likeness (QED) is 0.735. The molecule has 1 atom stereocenters. The van der Waals surface area contributed by atoms with Crippen LogP contribution in [0.2, 0.25) is 5.02 Å². The van der Waals surface area contributed by atoms with E-state index in [1.54, 1.807) is 6.07 Å². The normalized spacial score (nSPS) is 12.1. The maximum atomic E-state index is 12.5. The predicted molar refractivity (Wildman–Crippen MR) is 98.6 cm³/mol. The van der Waals surface area contributed by atoms with Crippen LogP contribution in [0.3, 0.4) is 0 Å². The van der Waals surface area contributed by atoms with Crippen molar-refractivity contribution in [1.29, 1.82) is 0 Å².